The molecule has 5 heteroatoms. The first-order valence-electron chi connectivity index (χ1n) is 6.88. The number of nitrogens with two attached hydrogens (primary N) is 1. The first-order chi connectivity index (χ1) is 9.37. The van der Waals surface area contributed by atoms with Gasteiger partial charge >= 0.3 is 0 Å². The highest BCUT2D eigenvalue weighted by molar-refractivity contribution is 5.98. The fourth-order valence-electron chi connectivity index (χ4n) is 2.78. The number of benzene rings is 1. The van der Waals surface area contributed by atoms with Crippen LogP contribution in [0.1, 0.15) is 29.6 Å². The first kappa shape index (κ1) is 14.7. The van der Waals surface area contributed by atoms with E-state index >= 15 is 0 Å². The molecule has 1 saturated carbocycles. The lowest BCUT2D eigenvalue weighted by molar-refractivity contribution is 0.0251. The van der Waals surface area contributed by atoms with Gasteiger partial charge < -0.3 is 20.6 Å². The molecule has 0 heterocycles. The Labute approximate surface area is 120 Å². The summed E-state index contributed by atoms with van der Waals surface area (Å²) in [6.07, 6.45) is 3.39. The van der Waals surface area contributed by atoms with E-state index in [0.717, 1.165) is 12.8 Å². The number of aromatic hydroxyl groups is 1. The molecule has 0 aromatic heterocycles. The molecule has 1 aliphatic rings. The zero-order chi connectivity index (χ0) is 14.9. The topological polar surface area (TPSA) is 69.8 Å². The van der Waals surface area contributed by atoms with Crippen molar-refractivity contribution in [1.29, 1.82) is 0 Å². The number of anilines is 1. The number of nitrogen functional groups attached to an aromatic ring is 1. The molecular weight excluding hydrogens is 254 g/mol. The van der Waals surface area contributed by atoms with Crippen LogP contribution in [-0.2, 0) is 0 Å². The first-order valence-corrected chi connectivity index (χ1v) is 6.88. The van der Waals surface area contributed by atoms with Crippen molar-refractivity contribution in [2.75, 3.05) is 33.4 Å². The minimum atomic E-state index is -0.192. The van der Waals surface area contributed by atoms with E-state index in [9.17, 15) is 9.90 Å². The number of amides is 1. The summed E-state index contributed by atoms with van der Waals surface area (Å²) in [6, 6.07) is 4.87. The Balaban J connectivity index is 2.15. The van der Waals surface area contributed by atoms with Gasteiger partial charge in [-0.15, -0.1) is 0 Å². The fourth-order valence-corrected chi connectivity index (χ4v) is 2.78. The molecule has 0 aliphatic heterocycles. The molecule has 0 unspecified atom stereocenters. The second kappa shape index (κ2) is 5.32. The quantitative estimate of drug-likeness (QED) is 0.647. The smallest absolute Gasteiger partial charge is 0.257 e. The predicted molar refractivity (Wildman–Crippen MR) is 79.7 cm³/mol. The standard InChI is InChI=1S/C15H23N3O2/c1-17(2)15(8-5-9-15)10-18(3)14(20)11-6-4-7-12(16)13(11)19/h4,6-7,19H,5,8-10,16H2,1-3H3. The monoisotopic (exact) mass is 277 g/mol. The van der Waals surface area contributed by atoms with Gasteiger partial charge in [0.1, 0.15) is 0 Å². The third kappa shape index (κ3) is 2.45. The Morgan fingerprint density at radius 3 is 2.50 bits per heavy atom. The molecule has 0 atom stereocenters. The zero-order valence-corrected chi connectivity index (χ0v) is 12.4. The van der Waals surface area contributed by atoms with E-state index in [1.54, 1.807) is 30.1 Å². The summed E-state index contributed by atoms with van der Waals surface area (Å²) < 4.78 is 0. The SMILES string of the molecule is CN(CC1(N(C)C)CCC1)C(=O)c1cccc(N)c1O. The number of carbonyl (C=O) groups excluding carboxylic acids is 1. The maximum Gasteiger partial charge on any atom is 0.257 e. The molecule has 0 radical (unpaired) electrons. The molecule has 1 aromatic carbocycles. The number of phenolic OH excluding ortho intramolecular Hbond substituents is 1. The molecule has 1 amide bonds. The van der Waals surface area contributed by atoms with Crippen LogP contribution in [0.4, 0.5) is 5.69 Å². The maximum atomic E-state index is 12.4. The van der Waals surface area contributed by atoms with Crippen LogP contribution >= 0.6 is 0 Å². The van der Waals surface area contributed by atoms with E-state index in [0.29, 0.717) is 6.54 Å². The number of para-hydroxylation sites is 1. The molecule has 110 valence electrons. The van der Waals surface area contributed by atoms with Gasteiger partial charge in [-0.05, 0) is 45.5 Å². The van der Waals surface area contributed by atoms with Crippen molar-refractivity contribution in [3.05, 3.63) is 23.8 Å². The van der Waals surface area contributed by atoms with Crippen molar-refractivity contribution >= 4 is 11.6 Å². The number of phenols is 1. The summed E-state index contributed by atoms with van der Waals surface area (Å²) in [5.74, 6) is -0.320. The van der Waals surface area contributed by atoms with Gasteiger partial charge in [0.15, 0.2) is 5.75 Å². The van der Waals surface area contributed by atoms with Gasteiger partial charge in [-0.2, -0.15) is 0 Å². The van der Waals surface area contributed by atoms with Crippen LogP contribution < -0.4 is 5.73 Å². The molecule has 0 bridgehead atoms. The fraction of sp³-hybridized carbons (Fsp3) is 0.533. The van der Waals surface area contributed by atoms with Crippen LogP contribution in [0.15, 0.2) is 18.2 Å². The lowest BCUT2D eigenvalue weighted by atomic mass is 9.75. The van der Waals surface area contributed by atoms with E-state index in [4.69, 9.17) is 5.73 Å². The molecular formula is C15H23N3O2. The van der Waals surface area contributed by atoms with Crippen molar-refractivity contribution < 1.29 is 9.90 Å². The highest BCUT2D eigenvalue weighted by atomic mass is 16.3. The summed E-state index contributed by atoms with van der Waals surface area (Å²) in [4.78, 5) is 16.3. The molecule has 1 aromatic rings. The minimum Gasteiger partial charge on any atom is -0.505 e. The Morgan fingerprint density at radius 2 is 2.00 bits per heavy atom. The van der Waals surface area contributed by atoms with Gasteiger partial charge in [0.05, 0.1) is 11.3 Å². The summed E-state index contributed by atoms with van der Waals surface area (Å²) in [5.41, 5.74) is 6.21. The number of nitrogens with zero attached hydrogens (tertiary/aromatic N) is 2. The third-order valence-corrected chi connectivity index (χ3v) is 4.41. The number of carbonyl (C=O) groups is 1. The van der Waals surface area contributed by atoms with E-state index in [2.05, 4.69) is 19.0 Å². The second-order valence-electron chi connectivity index (χ2n) is 5.88. The lowest BCUT2D eigenvalue weighted by Crippen LogP contribution is -2.57. The molecule has 2 rings (SSSR count). The number of hydrogen-bond acceptors (Lipinski definition) is 4. The molecule has 5 nitrogen and oxygen atoms in total. The minimum absolute atomic E-state index is 0.0698. The van der Waals surface area contributed by atoms with Gasteiger partial charge in [-0.25, -0.2) is 0 Å². The van der Waals surface area contributed by atoms with Crippen molar-refractivity contribution in [1.82, 2.24) is 9.80 Å². The lowest BCUT2D eigenvalue weighted by Gasteiger charge is -2.49. The average Bonchev–Trinajstić information content (AvgIpc) is 2.35. The van der Waals surface area contributed by atoms with Gasteiger partial charge in [0.25, 0.3) is 5.91 Å². The summed E-state index contributed by atoms with van der Waals surface area (Å²) in [5, 5.41) is 9.91. The van der Waals surface area contributed by atoms with E-state index in [-0.39, 0.29) is 28.4 Å². The van der Waals surface area contributed by atoms with Crippen LogP contribution in [0.25, 0.3) is 0 Å². The molecule has 3 N–H and O–H groups in total. The Kier molecular flexibility index (Phi) is 3.90. The number of rotatable bonds is 4. The van der Waals surface area contributed by atoms with E-state index in [1.807, 2.05) is 0 Å². The van der Waals surface area contributed by atoms with Crippen molar-refractivity contribution in [3.63, 3.8) is 0 Å². The van der Waals surface area contributed by atoms with E-state index in [1.165, 1.54) is 6.42 Å². The molecule has 0 saturated heterocycles. The largest absolute Gasteiger partial charge is 0.505 e. The van der Waals surface area contributed by atoms with Gasteiger partial charge in [-0.1, -0.05) is 6.07 Å². The van der Waals surface area contributed by atoms with Crippen LogP contribution in [0.3, 0.4) is 0 Å². The van der Waals surface area contributed by atoms with Gasteiger partial charge in [-0.3, -0.25) is 4.79 Å². The van der Waals surface area contributed by atoms with Crippen LogP contribution in [0.5, 0.6) is 5.75 Å². The van der Waals surface area contributed by atoms with Crippen LogP contribution in [-0.4, -0.2) is 54.0 Å². The molecule has 0 spiro atoms. The molecule has 1 fully saturated rings. The van der Waals surface area contributed by atoms with Crippen LogP contribution in [0.2, 0.25) is 0 Å². The zero-order valence-electron chi connectivity index (χ0n) is 12.4. The molecule has 20 heavy (non-hydrogen) atoms. The summed E-state index contributed by atoms with van der Waals surface area (Å²) >= 11 is 0. The van der Waals surface area contributed by atoms with Crippen molar-refractivity contribution in [3.8, 4) is 5.75 Å². The predicted octanol–water partition coefficient (Wildman–Crippen LogP) is 1.53. The number of hydrogen-bond donors (Lipinski definition) is 2. The highest BCUT2D eigenvalue weighted by Crippen LogP contribution is 2.37. The number of likely N-dealkylation sites (N-methyl/N-ethyl adjacent to an activating group) is 2. The molecule has 1 aliphatic carbocycles. The Bertz CT molecular complexity index is 510. The summed E-state index contributed by atoms with van der Waals surface area (Å²) in [6.45, 7) is 0.660. The second-order valence-corrected chi connectivity index (χ2v) is 5.88. The van der Waals surface area contributed by atoms with Gasteiger partial charge in [0, 0.05) is 19.1 Å². The average molecular weight is 277 g/mol. The third-order valence-electron chi connectivity index (χ3n) is 4.41. The van der Waals surface area contributed by atoms with Gasteiger partial charge in [0.2, 0.25) is 0 Å². The van der Waals surface area contributed by atoms with E-state index < -0.39 is 0 Å². The van der Waals surface area contributed by atoms with Crippen molar-refractivity contribution in [2.45, 2.75) is 24.8 Å². The normalized spacial score (nSPS) is 16.8. The highest BCUT2D eigenvalue weighted by Gasteiger charge is 2.40. The maximum absolute atomic E-state index is 12.4. The Morgan fingerprint density at radius 1 is 1.35 bits per heavy atom. The Hall–Kier alpha value is -1.75. The summed E-state index contributed by atoms with van der Waals surface area (Å²) in [7, 11) is 5.87. The van der Waals surface area contributed by atoms with Crippen LogP contribution in [0, 0.1) is 0 Å². The van der Waals surface area contributed by atoms with Crippen molar-refractivity contribution in [2.24, 2.45) is 0 Å².